The minimum Gasteiger partial charge on any atom is -0.446 e. The predicted octanol–water partition coefficient (Wildman–Crippen LogP) is 3.34. The molecule has 0 unspecified atom stereocenters. The average molecular weight is 291 g/mol. The lowest BCUT2D eigenvalue weighted by Crippen LogP contribution is -1.92. The molecule has 0 radical (unpaired) electrons. The van der Waals surface area contributed by atoms with Crippen LogP contribution in [0.15, 0.2) is 40.4 Å². The van der Waals surface area contributed by atoms with Crippen LogP contribution in [0.4, 0.5) is 11.4 Å². The molecule has 0 aliphatic carbocycles. The van der Waals surface area contributed by atoms with E-state index in [4.69, 9.17) is 22.1 Å². The molecule has 0 saturated carbocycles. The maximum atomic E-state index is 5.88. The molecule has 0 fully saturated rings. The van der Waals surface area contributed by atoms with E-state index in [1.807, 2.05) is 30.8 Å². The van der Waals surface area contributed by atoms with E-state index in [0.717, 1.165) is 11.4 Å². The zero-order valence-electron chi connectivity index (χ0n) is 11.2. The third-order valence-corrected chi connectivity index (χ3v) is 3.17. The number of benzene rings is 1. The second kappa shape index (κ2) is 6.25. The molecular formula is C14H15ClN4O. The molecule has 0 aliphatic rings. The third-order valence-electron chi connectivity index (χ3n) is 2.84. The number of rotatable bonds is 4. The Morgan fingerprint density at radius 3 is 2.80 bits per heavy atom. The van der Waals surface area contributed by atoms with Crippen LogP contribution in [-0.2, 0) is 7.05 Å². The maximum Gasteiger partial charge on any atom is 0.182 e. The van der Waals surface area contributed by atoms with Crippen LogP contribution in [0.5, 0.6) is 5.75 Å². The third kappa shape index (κ3) is 3.39. The SMILES string of the molecule is Cc1c(N=CN=COc2ccc(N)c(Cl)c2)ccn1C. The Morgan fingerprint density at radius 1 is 1.35 bits per heavy atom. The minimum absolute atomic E-state index is 0.449. The Morgan fingerprint density at radius 2 is 2.15 bits per heavy atom. The normalized spacial score (nSPS) is 11.6. The fraction of sp³-hybridized carbons (Fsp3) is 0.143. The molecule has 1 heterocycles. The van der Waals surface area contributed by atoms with E-state index in [1.165, 1.54) is 12.7 Å². The number of aliphatic imine (C=N–C) groups is 2. The molecule has 0 saturated heterocycles. The number of hydrogen-bond donors (Lipinski definition) is 1. The Labute approximate surface area is 122 Å². The second-order valence-electron chi connectivity index (χ2n) is 4.20. The number of aryl methyl sites for hydroxylation is 1. The van der Waals surface area contributed by atoms with E-state index in [0.29, 0.717) is 16.5 Å². The first-order chi connectivity index (χ1) is 9.58. The van der Waals surface area contributed by atoms with Gasteiger partial charge in [-0.25, -0.2) is 9.98 Å². The van der Waals surface area contributed by atoms with E-state index < -0.39 is 0 Å². The largest absolute Gasteiger partial charge is 0.446 e. The highest BCUT2D eigenvalue weighted by atomic mass is 35.5. The van der Waals surface area contributed by atoms with E-state index in [2.05, 4.69) is 9.98 Å². The van der Waals surface area contributed by atoms with Gasteiger partial charge < -0.3 is 15.0 Å². The fourth-order valence-electron chi connectivity index (χ4n) is 1.53. The average Bonchev–Trinajstić information content (AvgIpc) is 2.74. The maximum absolute atomic E-state index is 5.88. The van der Waals surface area contributed by atoms with E-state index in [1.54, 1.807) is 18.2 Å². The van der Waals surface area contributed by atoms with Gasteiger partial charge in [0, 0.05) is 25.0 Å². The summed E-state index contributed by atoms with van der Waals surface area (Å²) in [5.41, 5.74) is 8.06. The molecule has 0 spiro atoms. The molecule has 0 amide bonds. The summed E-state index contributed by atoms with van der Waals surface area (Å²) >= 11 is 5.88. The van der Waals surface area contributed by atoms with E-state index in [9.17, 15) is 0 Å². The van der Waals surface area contributed by atoms with Crippen molar-refractivity contribution in [3.05, 3.63) is 41.2 Å². The van der Waals surface area contributed by atoms with Crippen LogP contribution in [0.25, 0.3) is 0 Å². The smallest absolute Gasteiger partial charge is 0.182 e. The van der Waals surface area contributed by atoms with E-state index >= 15 is 0 Å². The lowest BCUT2D eigenvalue weighted by Gasteiger charge is -2.01. The number of ether oxygens (including phenoxy) is 1. The van der Waals surface area contributed by atoms with Gasteiger partial charge in [-0.1, -0.05) is 11.6 Å². The summed E-state index contributed by atoms with van der Waals surface area (Å²) in [5.74, 6) is 0.567. The Kier molecular flexibility index (Phi) is 4.42. The van der Waals surface area contributed by atoms with Crippen molar-refractivity contribution in [1.82, 2.24) is 4.57 Å². The molecule has 1 aromatic heterocycles. The lowest BCUT2D eigenvalue weighted by molar-refractivity contribution is 0.575. The monoisotopic (exact) mass is 290 g/mol. The summed E-state index contributed by atoms with van der Waals surface area (Å²) in [5, 5.41) is 0.449. The molecule has 104 valence electrons. The molecule has 2 N–H and O–H groups in total. The van der Waals surface area contributed by atoms with Crippen molar-refractivity contribution in [3.63, 3.8) is 0 Å². The molecule has 2 rings (SSSR count). The molecule has 1 aromatic carbocycles. The first kappa shape index (κ1) is 14.1. The number of halogens is 1. The fourth-order valence-corrected chi connectivity index (χ4v) is 1.70. The summed E-state index contributed by atoms with van der Waals surface area (Å²) in [6.07, 6.45) is 4.67. The Bertz CT molecular complexity index is 661. The van der Waals surface area contributed by atoms with E-state index in [-0.39, 0.29) is 0 Å². The van der Waals surface area contributed by atoms with Gasteiger partial charge in [0.05, 0.1) is 16.4 Å². The van der Waals surface area contributed by atoms with Gasteiger partial charge in [-0.05, 0) is 25.1 Å². The van der Waals surface area contributed by atoms with Crippen LogP contribution in [-0.4, -0.2) is 17.3 Å². The van der Waals surface area contributed by atoms with Crippen LogP contribution in [0.1, 0.15) is 5.69 Å². The topological polar surface area (TPSA) is 64.9 Å². The molecule has 0 bridgehead atoms. The summed E-state index contributed by atoms with van der Waals surface area (Å²) in [6, 6.07) is 6.93. The molecule has 2 aromatic rings. The van der Waals surface area contributed by atoms with Crippen LogP contribution in [0.3, 0.4) is 0 Å². The summed E-state index contributed by atoms with van der Waals surface area (Å²) in [4.78, 5) is 8.16. The van der Waals surface area contributed by atoms with Crippen LogP contribution < -0.4 is 10.5 Å². The molecule has 20 heavy (non-hydrogen) atoms. The first-order valence-corrected chi connectivity index (χ1v) is 6.33. The lowest BCUT2D eigenvalue weighted by atomic mass is 10.3. The molecule has 6 heteroatoms. The summed E-state index contributed by atoms with van der Waals surface area (Å²) in [6.45, 7) is 1.99. The Hall–Kier alpha value is -2.27. The zero-order valence-corrected chi connectivity index (χ0v) is 12.0. The van der Waals surface area contributed by atoms with Gasteiger partial charge in [0.15, 0.2) is 6.40 Å². The van der Waals surface area contributed by atoms with Crippen molar-refractivity contribution in [3.8, 4) is 5.75 Å². The van der Waals surface area contributed by atoms with Crippen LogP contribution in [0.2, 0.25) is 5.02 Å². The highest BCUT2D eigenvalue weighted by molar-refractivity contribution is 6.33. The van der Waals surface area contributed by atoms with Crippen molar-refractivity contribution in [2.45, 2.75) is 6.92 Å². The Balaban J connectivity index is 1.94. The number of aromatic nitrogens is 1. The quantitative estimate of drug-likeness (QED) is 0.533. The predicted molar refractivity (Wildman–Crippen MR) is 83.3 cm³/mol. The number of anilines is 1. The minimum atomic E-state index is 0.449. The molecular weight excluding hydrogens is 276 g/mol. The number of nitrogens with two attached hydrogens (primary N) is 1. The van der Waals surface area contributed by atoms with Gasteiger partial charge in [-0.2, -0.15) is 0 Å². The summed E-state index contributed by atoms with van der Waals surface area (Å²) in [7, 11) is 1.96. The van der Waals surface area contributed by atoms with Gasteiger partial charge in [0.25, 0.3) is 0 Å². The van der Waals surface area contributed by atoms with Crippen molar-refractivity contribution in [2.75, 3.05) is 5.73 Å². The number of nitrogens with zero attached hydrogens (tertiary/aromatic N) is 3. The van der Waals surface area contributed by atoms with Gasteiger partial charge in [0.2, 0.25) is 0 Å². The molecule has 0 aliphatic heterocycles. The van der Waals surface area contributed by atoms with Gasteiger partial charge in [-0.15, -0.1) is 0 Å². The molecule has 0 atom stereocenters. The first-order valence-electron chi connectivity index (χ1n) is 5.95. The van der Waals surface area contributed by atoms with Crippen molar-refractivity contribution < 1.29 is 4.74 Å². The second-order valence-corrected chi connectivity index (χ2v) is 4.60. The number of nitrogen functional groups attached to an aromatic ring is 1. The van der Waals surface area contributed by atoms with Crippen molar-refractivity contribution >= 4 is 35.7 Å². The van der Waals surface area contributed by atoms with Gasteiger partial charge >= 0.3 is 0 Å². The number of hydrogen-bond acceptors (Lipinski definition) is 3. The van der Waals surface area contributed by atoms with Gasteiger partial charge in [-0.3, -0.25) is 0 Å². The van der Waals surface area contributed by atoms with Gasteiger partial charge in [0.1, 0.15) is 12.1 Å². The highest BCUT2D eigenvalue weighted by Gasteiger charge is 1.98. The zero-order chi connectivity index (χ0) is 14.5. The highest BCUT2D eigenvalue weighted by Crippen LogP contribution is 2.23. The van der Waals surface area contributed by atoms with Crippen LogP contribution >= 0.6 is 11.6 Å². The van der Waals surface area contributed by atoms with Crippen molar-refractivity contribution in [1.29, 1.82) is 0 Å². The van der Waals surface area contributed by atoms with Crippen LogP contribution in [0, 0.1) is 6.92 Å². The standard InChI is InChI=1S/C14H15ClN4O/c1-10-14(5-6-19(10)2)18-8-17-9-20-11-3-4-13(16)12(15)7-11/h3-9H,16H2,1-2H3. The van der Waals surface area contributed by atoms with Crippen molar-refractivity contribution in [2.24, 2.45) is 17.0 Å². The molecule has 5 nitrogen and oxygen atoms in total. The summed E-state index contributed by atoms with van der Waals surface area (Å²) < 4.78 is 7.28.